The molecule has 0 aromatic rings. The van der Waals surface area contributed by atoms with Crippen LogP contribution in [-0.2, 0) is 52.6 Å². The van der Waals surface area contributed by atoms with Gasteiger partial charge >= 0.3 is 17.9 Å². The second-order valence-electron chi connectivity index (χ2n) is 28.7. The lowest BCUT2D eigenvalue weighted by atomic mass is 10.0. The first-order chi connectivity index (χ1) is 50.0. The Bertz CT molecular complexity index is 2140. The zero-order valence-electron chi connectivity index (χ0n) is 65.1. The molecule has 0 aliphatic carbocycles. The number of carboxylic acids is 1. The number of nitrogens with one attached hydrogen (secondary N) is 6. The van der Waals surface area contributed by atoms with Crippen LogP contribution in [0.1, 0.15) is 355 Å². The number of carbonyl (C=O) groups is 9. The van der Waals surface area contributed by atoms with Crippen molar-refractivity contribution < 1.29 is 62.8 Å². The average molecular weight is 1480 g/mol. The number of unbranched alkanes of at least 4 members (excludes halogenated alkanes) is 38. The lowest BCUT2D eigenvalue weighted by Gasteiger charge is -2.27. The summed E-state index contributed by atoms with van der Waals surface area (Å²) in [5.41, 5.74) is 23.1. The number of ether oxygens (including phenoxy) is 2. The van der Waals surface area contributed by atoms with E-state index >= 15 is 0 Å². The summed E-state index contributed by atoms with van der Waals surface area (Å²) in [7, 11) is 0. The number of nitrogens with two attached hydrogens (primary N) is 4. The summed E-state index contributed by atoms with van der Waals surface area (Å²) in [6.07, 6.45) is 46.0. The largest absolute Gasteiger partial charge is 0.480 e. The van der Waals surface area contributed by atoms with Gasteiger partial charge in [0.25, 0.3) is 0 Å². The molecule has 0 rings (SSSR count). The minimum Gasteiger partial charge on any atom is -0.480 e. The second-order valence-corrected chi connectivity index (χ2v) is 29.8. The first kappa shape index (κ1) is 98.4. The van der Waals surface area contributed by atoms with Gasteiger partial charge in [-0.05, 0) is 122 Å². The van der Waals surface area contributed by atoms with E-state index in [4.69, 9.17) is 32.4 Å². The molecule has 23 nitrogen and oxygen atoms in total. The van der Waals surface area contributed by atoms with Crippen molar-refractivity contribution in [2.75, 3.05) is 50.9 Å². The molecule has 103 heavy (non-hydrogen) atoms. The molecule has 0 saturated heterocycles. The monoisotopic (exact) mass is 1480 g/mol. The summed E-state index contributed by atoms with van der Waals surface area (Å²) < 4.78 is 11.8. The number of carboxylic acid groups (broad SMARTS) is 1. The SMILES string of the molecule is CCCCCCCCCCCCCCCC(=O)OCC(CSC[C@H](NC(=O)CCCCCCCCCCCCC)C(=O)N[C@@H](CO)C(=O)N[C@@H](CCCCN)C(=O)N[C@@H](CCCCN)C(=O)N[C@@H](CCCCN)C(=O)N[C@@H](CCCCN)C(=O)O)OC(=O)CCCCCCCCCCCCCCC. The van der Waals surface area contributed by atoms with Crippen molar-refractivity contribution in [3.8, 4) is 0 Å². The van der Waals surface area contributed by atoms with Gasteiger partial charge in [-0.15, -0.1) is 0 Å². The van der Waals surface area contributed by atoms with Gasteiger partial charge in [0.05, 0.1) is 6.61 Å². The number of hydrogen-bond donors (Lipinski definition) is 12. The van der Waals surface area contributed by atoms with Crippen LogP contribution in [0.4, 0.5) is 0 Å². The van der Waals surface area contributed by atoms with Crippen LogP contribution < -0.4 is 54.8 Å². The number of aliphatic carboxylic acids is 1. The van der Waals surface area contributed by atoms with E-state index in [0.29, 0.717) is 83.7 Å². The van der Waals surface area contributed by atoms with Crippen LogP contribution in [-0.4, -0.2) is 157 Å². The number of hydrogen-bond acceptors (Lipinski definition) is 17. The highest BCUT2D eigenvalue weighted by molar-refractivity contribution is 7.99. The molecule has 0 fully saturated rings. The highest BCUT2D eigenvalue weighted by atomic mass is 32.2. The Labute approximate surface area is 627 Å². The van der Waals surface area contributed by atoms with Gasteiger partial charge in [0.1, 0.15) is 49.0 Å². The fourth-order valence-corrected chi connectivity index (χ4v) is 13.5. The van der Waals surface area contributed by atoms with E-state index in [1.54, 1.807) is 0 Å². The van der Waals surface area contributed by atoms with E-state index in [1.807, 2.05) is 0 Å². The maximum Gasteiger partial charge on any atom is 0.326 e. The Hall–Kier alpha value is -4.62. The maximum atomic E-state index is 14.5. The highest BCUT2D eigenvalue weighted by Crippen LogP contribution is 2.19. The van der Waals surface area contributed by atoms with Gasteiger partial charge in [-0.1, -0.05) is 239 Å². The molecule has 1 unspecified atom stereocenters. The zero-order valence-corrected chi connectivity index (χ0v) is 65.9. The topological polar surface area (TPSA) is 389 Å². The van der Waals surface area contributed by atoms with Crippen molar-refractivity contribution in [1.29, 1.82) is 0 Å². The van der Waals surface area contributed by atoms with E-state index in [9.17, 15) is 53.4 Å². The molecule has 0 spiro atoms. The van der Waals surface area contributed by atoms with Crippen molar-refractivity contribution >= 4 is 65.1 Å². The Morgan fingerprint density at radius 3 is 0.932 bits per heavy atom. The fourth-order valence-electron chi connectivity index (χ4n) is 12.5. The Balaban J connectivity index is 6.61. The van der Waals surface area contributed by atoms with Crippen molar-refractivity contribution in [3.05, 3.63) is 0 Å². The number of thioether (sulfide) groups is 1. The third-order valence-electron chi connectivity index (χ3n) is 19.1. The predicted molar refractivity (Wildman–Crippen MR) is 418 cm³/mol. The molecule has 0 aromatic carbocycles. The molecular weight excluding hydrogens is 1330 g/mol. The van der Waals surface area contributed by atoms with Crippen LogP contribution in [0.5, 0.6) is 0 Å². The summed E-state index contributed by atoms with van der Waals surface area (Å²) in [4.78, 5) is 124. The van der Waals surface area contributed by atoms with Gasteiger partial charge in [0.2, 0.25) is 35.4 Å². The Kier molecular flexibility index (Phi) is 68.4. The van der Waals surface area contributed by atoms with Gasteiger partial charge < -0.3 is 74.5 Å². The van der Waals surface area contributed by atoms with Crippen LogP contribution in [0.2, 0.25) is 0 Å². The predicted octanol–water partition coefficient (Wildman–Crippen LogP) is 12.3. The number of aliphatic hydroxyl groups is 1. The van der Waals surface area contributed by atoms with Crippen LogP contribution in [0.15, 0.2) is 0 Å². The van der Waals surface area contributed by atoms with E-state index in [1.165, 1.54) is 166 Å². The van der Waals surface area contributed by atoms with E-state index in [0.717, 1.165) is 64.2 Å². The molecule has 0 radical (unpaired) electrons. The summed E-state index contributed by atoms with van der Waals surface area (Å²) in [5.74, 6) is -6.36. The van der Waals surface area contributed by atoms with E-state index in [-0.39, 0.29) is 82.1 Å². The third kappa shape index (κ3) is 58.2. The lowest BCUT2D eigenvalue weighted by molar-refractivity contribution is -0.157. The van der Waals surface area contributed by atoms with Gasteiger partial charge in [-0.3, -0.25) is 38.4 Å². The minimum absolute atomic E-state index is 0.0388. The third-order valence-corrected chi connectivity index (χ3v) is 20.2. The molecule has 0 bridgehead atoms. The Morgan fingerprint density at radius 1 is 0.320 bits per heavy atom. The number of carbonyl (C=O) groups excluding carboxylic acids is 8. The first-order valence-electron chi connectivity index (χ1n) is 41.4. The highest BCUT2D eigenvalue weighted by Gasteiger charge is 2.34. The Morgan fingerprint density at radius 2 is 0.602 bits per heavy atom. The first-order valence-corrected chi connectivity index (χ1v) is 42.6. The average Bonchev–Trinajstić information content (AvgIpc) is 0.880. The van der Waals surface area contributed by atoms with E-state index < -0.39 is 96.3 Å². The molecule has 0 aliphatic heterocycles. The normalized spacial score (nSPS) is 13.4. The summed E-state index contributed by atoms with van der Waals surface area (Å²) in [6.45, 7) is 6.79. The van der Waals surface area contributed by atoms with E-state index in [2.05, 4.69) is 52.7 Å². The van der Waals surface area contributed by atoms with Crippen LogP contribution in [0.3, 0.4) is 0 Å². The maximum absolute atomic E-state index is 14.5. The van der Waals surface area contributed by atoms with Gasteiger partial charge in [-0.2, -0.15) is 11.8 Å². The molecule has 0 aromatic heterocycles. The summed E-state index contributed by atoms with van der Waals surface area (Å²) >= 11 is 1.20. The number of aliphatic hydroxyl groups excluding tert-OH is 1. The number of amides is 6. The molecule has 0 heterocycles. The van der Waals surface area contributed by atoms with Crippen LogP contribution >= 0.6 is 11.8 Å². The quantitative estimate of drug-likeness (QED) is 0.0199. The standard InChI is InChI=1S/C79H152N10O13S/c1-4-7-10-13-16-19-22-24-27-30-33-36-39-54-72(92)101-61-64(102-73(93)55-40-37-34-31-28-25-23-20-17-14-11-8-5-2)62-103-63-70(84-71(91)53-38-35-32-29-26-21-18-15-12-9-6-3)78(98)89-69(60-90)77(97)87-66(50-42-46-57-81)75(95)85-65(49-41-45-56-80)74(94)86-67(51-43-47-58-82)76(96)88-68(79(99)100)52-44-48-59-83/h64-70,90H,4-63,80-83H2,1-3H3,(H,84,91)(H,85,95)(H,86,94)(H,87,97)(H,88,96)(H,89,98)(H,99,100)/t64?,65-,66-,67-,68-,69-,70-/m0/s1. The molecule has 24 heteroatoms. The lowest BCUT2D eigenvalue weighted by Crippen LogP contribution is -2.60. The van der Waals surface area contributed by atoms with Crippen molar-refractivity contribution in [2.45, 2.75) is 397 Å². The van der Waals surface area contributed by atoms with Crippen LogP contribution in [0, 0.1) is 0 Å². The second kappa shape index (κ2) is 71.6. The van der Waals surface area contributed by atoms with Crippen molar-refractivity contribution in [2.24, 2.45) is 22.9 Å². The smallest absolute Gasteiger partial charge is 0.326 e. The van der Waals surface area contributed by atoms with Crippen LogP contribution in [0.25, 0.3) is 0 Å². The molecule has 7 atom stereocenters. The molecule has 16 N–H and O–H groups in total. The molecule has 0 saturated carbocycles. The summed E-state index contributed by atoms with van der Waals surface area (Å²) in [5, 5.41) is 36.8. The molecule has 602 valence electrons. The zero-order chi connectivity index (χ0) is 76.0. The molecular formula is C79H152N10O13S. The molecule has 6 amide bonds. The van der Waals surface area contributed by atoms with Gasteiger partial charge in [0, 0.05) is 30.8 Å². The van der Waals surface area contributed by atoms with Crippen molar-refractivity contribution in [3.63, 3.8) is 0 Å². The number of rotatable bonds is 76. The van der Waals surface area contributed by atoms with Crippen molar-refractivity contribution in [1.82, 2.24) is 31.9 Å². The molecule has 0 aliphatic rings. The minimum atomic E-state index is -1.62. The van der Waals surface area contributed by atoms with Gasteiger partial charge in [-0.25, -0.2) is 4.79 Å². The number of esters is 2. The fraction of sp³-hybridized carbons (Fsp3) is 0.886. The van der Waals surface area contributed by atoms with Gasteiger partial charge in [0.15, 0.2) is 0 Å². The summed E-state index contributed by atoms with van der Waals surface area (Å²) in [6, 6.07) is -7.86.